The van der Waals surface area contributed by atoms with Gasteiger partial charge < -0.3 is 9.94 Å². The molecule has 4 nitrogen and oxygen atoms in total. The van der Waals surface area contributed by atoms with E-state index < -0.39 is 0 Å². The van der Waals surface area contributed by atoms with Gasteiger partial charge in [-0.2, -0.15) is 0 Å². The van der Waals surface area contributed by atoms with Crippen molar-refractivity contribution in [3.05, 3.63) is 22.5 Å². The standard InChI is InChI=1S/C5H5ClN2O2/c1-10-5-3-2-4(6)8(9)7-5/h2-3H,1H3. The number of hydrogen-bond acceptors (Lipinski definition) is 3. The van der Waals surface area contributed by atoms with Crippen LogP contribution in [0.25, 0.3) is 0 Å². The summed E-state index contributed by atoms with van der Waals surface area (Å²) < 4.78 is 4.66. The van der Waals surface area contributed by atoms with Gasteiger partial charge in [-0.3, -0.25) is 0 Å². The number of aromatic nitrogens is 2. The fourth-order valence-electron chi connectivity index (χ4n) is 0.483. The highest BCUT2D eigenvalue weighted by Gasteiger charge is 2.03. The molecule has 0 amide bonds. The van der Waals surface area contributed by atoms with Gasteiger partial charge in [-0.1, -0.05) is 0 Å². The second-order valence-corrected chi connectivity index (χ2v) is 1.96. The fraction of sp³-hybridized carbons (Fsp3) is 0.200. The predicted molar refractivity (Wildman–Crippen MR) is 34.8 cm³/mol. The number of nitrogens with zero attached hydrogens (tertiary/aromatic N) is 2. The van der Waals surface area contributed by atoms with Crippen molar-refractivity contribution in [3.63, 3.8) is 0 Å². The van der Waals surface area contributed by atoms with Crippen LogP contribution in [0.3, 0.4) is 0 Å². The molecule has 1 rings (SSSR count). The van der Waals surface area contributed by atoms with E-state index in [0.29, 0.717) is 4.85 Å². The molecule has 0 atom stereocenters. The Balaban J connectivity index is 3.04. The van der Waals surface area contributed by atoms with E-state index in [0.717, 1.165) is 0 Å². The van der Waals surface area contributed by atoms with E-state index in [1.807, 2.05) is 0 Å². The van der Waals surface area contributed by atoms with Crippen LogP contribution < -0.4 is 9.58 Å². The number of ether oxygens (including phenoxy) is 1. The monoisotopic (exact) mass is 160 g/mol. The average molecular weight is 161 g/mol. The number of halogens is 1. The molecule has 1 heterocycles. The van der Waals surface area contributed by atoms with Crippen molar-refractivity contribution in [2.24, 2.45) is 0 Å². The lowest BCUT2D eigenvalue weighted by molar-refractivity contribution is -0.667. The lowest BCUT2D eigenvalue weighted by Crippen LogP contribution is -2.32. The van der Waals surface area contributed by atoms with Crippen molar-refractivity contribution < 1.29 is 9.58 Å². The van der Waals surface area contributed by atoms with Crippen molar-refractivity contribution >= 4 is 11.6 Å². The van der Waals surface area contributed by atoms with E-state index in [9.17, 15) is 5.21 Å². The van der Waals surface area contributed by atoms with Crippen LogP contribution in [0, 0.1) is 5.21 Å². The molecule has 0 aliphatic rings. The summed E-state index contributed by atoms with van der Waals surface area (Å²) in [4.78, 5) is 0.292. The summed E-state index contributed by atoms with van der Waals surface area (Å²) in [7, 11) is 1.43. The Kier molecular flexibility index (Phi) is 1.91. The smallest absolute Gasteiger partial charge is 0.313 e. The molecule has 0 spiro atoms. The SMILES string of the molecule is COc1ccc(Cl)[n+]([O-])n1. The van der Waals surface area contributed by atoms with E-state index in [4.69, 9.17) is 11.6 Å². The first-order valence-corrected chi connectivity index (χ1v) is 2.92. The van der Waals surface area contributed by atoms with Crippen molar-refractivity contribution in [2.75, 3.05) is 7.11 Å². The minimum atomic E-state index is 0.0285. The second-order valence-electron chi connectivity index (χ2n) is 1.57. The third-order valence-electron chi connectivity index (χ3n) is 0.945. The van der Waals surface area contributed by atoms with Gasteiger partial charge in [0.15, 0.2) is 0 Å². The number of hydrogen-bond donors (Lipinski definition) is 0. The largest absolute Gasteiger partial charge is 0.593 e. The summed E-state index contributed by atoms with van der Waals surface area (Å²) in [6, 6.07) is 2.93. The first-order chi connectivity index (χ1) is 4.74. The van der Waals surface area contributed by atoms with E-state index in [2.05, 4.69) is 9.84 Å². The molecule has 0 aromatic carbocycles. The van der Waals surface area contributed by atoms with Gasteiger partial charge in [0.2, 0.25) is 0 Å². The van der Waals surface area contributed by atoms with Gasteiger partial charge in [-0.05, 0) is 16.4 Å². The molecule has 10 heavy (non-hydrogen) atoms. The molecule has 0 aliphatic carbocycles. The van der Waals surface area contributed by atoms with Gasteiger partial charge in [0.1, 0.15) is 0 Å². The first-order valence-electron chi connectivity index (χ1n) is 2.54. The van der Waals surface area contributed by atoms with Crippen LogP contribution in [-0.2, 0) is 0 Å². The maximum Gasteiger partial charge on any atom is 0.313 e. The minimum absolute atomic E-state index is 0.0285. The summed E-state index contributed by atoms with van der Waals surface area (Å²) in [5.74, 6) is 0.249. The Morgan fingerprint density at radius 3 is 2.90 bits per heavy atom. The molecule has 0 saturated carbocycles. The predicted octanol–water partition coefficient (Wildman–Crippen LogP) is 0.377. The molecule has 1 aromatic heterocycles. The van der Waals surface area contributed by atoms with Crippen molar-refractivity contribution in [3.8, 4) is 5.88 Å². The zero-order chi connectivity index (χ0) is 7.56. The van der Waals surface area contributed by atoms with Crippen LogP contribution in [0.15, 0.2) is 12.1 Å². The summed E-state index contributed by atoms with van der Waals surface area (Å²) in [6.07, 6.45) is 0. The van der Waals surface area contributed by atoms with Crippen molar-refractivity contribution in [2.45, 2.75) is 0 Å². The van der Waals surface area contributed by atoms with Gasteiger partial charge in [0.05, 0.1) is 12.2 Å². The third-order valence-corrected chi connectivity index (χ3v) is 1.22. The van der Waals surface area contributed by atoms with E-state index in [1.165, 1.54) is 19.2 Å². The molecule has 1 aromatic rings. The van der Waals surface area contributed by atoms with Crippen molar-refractivity contribution in [1.82, 2.24) is 5.10 Å². The van der Waals surface area contributed by atoms with E-state index in [-0.39, 0.29) is 11.0 Å². The molecule has 0 unspecified atom stereocenters. The highest BCUT2D eigenvalue weighted by molar-refractivity contribution is 6.28. The normalized spacial score (nSPS) is 9.40. The summed E-state index contributed by atoms with van der Waals surface area (Å²) in [6.45, 7) is 0. The van der Waals surface area contributed by atoms with Gasteiger partial charge in [0.25, 0.3) is 5.88 Å². The highest BCUT2D eigenvalue weighted by Crippen LogP contribution is 2.04. The Bertz CT molecular complexity index is 241. The van der Waals surface area contributed by atoms with Crippen LogP contribution in [0.1, 0.15) is 0 Å². The molecule has 0 bridgehead atoms. The second kappa shape index (κ2) is 2.70. The molecule has 5 heteroatoms. The van der Waals surface area contributed by atoms with Crippen LogP contribution in [0.4, 0.5) is 0 Å². The third kappa shape index (κ3) is 1.27. The molecule has 0 radical (unpaired) electrons. The van der Waals surface area contributed by atoms with Crippen molar-refractivity contribution in [1.29, 1.82) is 0 Å². The van der Waals surface area contributed by atoms with Gasteiger partial charge in [-0.25, -0.2) is 0 Å². The van der Waals surface area contributed by atoms with Crippen LogP contribution >= 0.6 is 11.6 Å². The lowest BCUT2D eigenvalue weighted by atomic mass is 10.6. The Hall–Kier alpha value is -1.03. The molecule has 0 aliphatic heterocycles. The maximum absolute atomic E-state index is 10.6. The topological polar surface area (TPSA) is 49.1 Å². The Morgan fingerprint density at radius 2 is 2.40 bits per heavy atom. The summed E-state index contributed by atoms with van der Waals surface area (Å²) in [5, 5.41) is 14.0. The Labute approximate surface area is 62.6 Å². The van der Waals surface area contributed by atoms with Gasteiger partial charge >= 0.3 is 5.15 Å². The molecular weight excluding hydrogens is 156 g/mol. The molecule has 54 valence electrons. The summed E-state index contributed by atoms with van der Waals surface area (Å²) >= 11 is 5.37. The van der Waals surface area contributed by atoms with Gasteiger partial charge in [0, 0.05) is 12.1 Å². The molecule has 0 fully saturated rings. The van der Waals surface area contributed by atoms with E-state index >= 15 is 0 Å². The average Bonchev–Trinajstić information content (AvgIpc) is 1.95. The molecule has 0 saturated heterocycles. The van der Waals surface area contributed by atoms with Crippen LogP contribution in [0.2, 0.25) is 5.15 Å². The van der Waals surface area contributed by atoms with E-state index in [1.54, 1.807) is 0 Å². The minimum Gasteiger partial charge on any atom is -0.593 e. The molecule has 0 N–H and O–H groups in total. The lowest BCUT2D eigenvalue weighted by Gasteiger charge is -1.96. The highest BCUT2D eigenvalue weighted by atomic mass is 35.5. The molecular formula is C5H5ClN2O2. The first kappa shape index (κ1) is 7.08. The zero-order valence-electron chi connectivity index (χ0n) is 5.24. The Morgan fingerprint density at radius 1 is 1.70 bits per heavy atom. The number of rotatable bonds is 1. The summed E-state index contributed by atoms with van der Waals surface area (Å²) in [5.41, 5.74) is 0. The number of methoxy groups -OCH3 is 1. The van der Waals surface area contributed by atoms with Gasteiger partial charge in [-0.15, -0.1) is 0 Å². The zero-order valence-corrected chi connectivity index (χ0v) is 6.00. The maximum atomic E-state index is 10.6. The fourth-order valence-corrected chi connectivity index (χ4v) is 0.584. The quantitative estimate of drug-likeness (QED) is 0.441. The van der Waals surface area contributed by atoms with Crippen LogP contribution in [0.5, 0.6) is 5.88 Å². The van der Waals surface area contributed by atoms with Crippen LogP contribution in [-0.4, -0.2) is 12.2 Å².